The Balaban J connectivity index is 1.92. The SMILES string of the molecule is CC(=O)NC1=Nc2ccccc2CN1Cc1ccccc1Cl. The zero-order chi connectivity index (χ0) is 15.5. The molecule has 0 spiro atoms. The number of rotatable bonds is 2. The molecule has 0 radical (unpaired) electrons. The number of guanidine groups is 1. The number of hydrogen-bond acceptors (Lipinski definition) is 3. The van der Waals surface area contributed by atoms with Crippen LogP contribution in [-0.2, 0) is 17.9 Å². The maximum Gasteiger partial charge on any atom is 0.223 e. The van der Waals surface area contributed by atoms with Gasteiger partial charge in [0.05, 0.1) is 5.69 Å². The first-order chi connectivity index (χ1) is 10.6. The van der Waals surface area contributed by atoms with Crippen molar-refractivity contribution in [1.82, 2.24) is 10.2 Å². The first-order valence-corrected chi connectivity index (χ1v) is 7.44. The predicted octanol–water partition coefficient (Wildman–Crippen LogP) is 3.48. The number of fused-ring (bicyclic) bond motifs is 1. The molecule has 112 valence electrons. The van der Waals surface area contributed by atoms with Gasteiger partial charge in [-0.1, -0.05) is 48.0 Å². The molecule has 0 atom stereocenters. The van der Waals surface area contributed by atoms with Crippen LogP contribution in [-0.4, -0.2) is 16.8 Å². The third kappa shape index (κ3) is 3.12. The summed E-state index contributed by atoms with van der Waals surface area (Å²) in [5.41, 5.74) is 3.02. The highest BCUT2D eigenvalue weighted by Gasteiger charge is 2.21. The Kier molecular flexibility index (Phi) is 4.11. The molecule has 22 heavy (non-hydrogen) atoms. The van der Waals surface area contributed by atoms with Crippen LogP contribution in [0.25, 0.3) is 0 Å². The lowest BCUT2D eigenvalue weighted by Gasteiger charge is -2.30. The second-order valence-corrected chi connectivity index (χ2v) is 5.60. The number of para-hydroxylation sites is 1. The van der Waals surface area contributed by atoms with Crippen molar-refractivity contribution in [2.75, 3.05) is 0 Å². The number of amides is 1. The number of carbonyl (C=O) groups excluding carboxylic acids is 1. The Labute approximate surface area is 134 Å². The van der Waals surface area contributed by atoms with Gasteiger partial charge >= 0.3 is 0 Å². The van der Waals surface area contributed by atoms with E-state index in [0.717, 1.165) is 16.8 Å². The monoisotopic (exact) mass is 313 g/mol. The van der Waals surface area contributed by atoms with Crippen LogP contribution in [0.1, 0.15) is 18.1 Å². The summed E-state index contributed by atoms with van der Waals surface area (Å²) in [6, 6.07) is 15.6. The highest BCUT2D eigenvalue weighted by Crippen LogP contribution is 2.27. The molecular formula is C17H16ClN3O. The summed E-state index contributed by atoms with van der Waals surface area (Å²) in [5, 5.41) is 3.52. The second-order valence-electron chi connectivity index (χ2n) is 5.19. The number of benzene rings is 2. The summed E-state index contributed by atoms with van der Waals surface area (Å²) >= 11 is 6.24. The molecule has 1 N–H and O–H groups in total. The van der Waals surface area contributed by atoms with E-state index in [9.17, 15) is 4.79 Å². The molecular weight excluding hydrogens is 298 g/mol. The summed E-state index contributed by atoms with van der Waals surface area (Å²) in [4.78, 5) is 18.0. The number of hydrogen-bond donors (Lipinski definition) is 1. The van der Waals surface area contributed by atoms with E-state index in [1.165, 1.54) is 6.92 Å². The number of nitrogens with one attached hydrogen (secondary N) is 1. The Hall–Kier alpha value is -2.33. The lowest BCUT2D eigenvalue weighted by Crippen LogP contribution is -2.43. The van der Waals surface area contributed by atoms with Gasteiger partial charge < -0.3 is 4.90 Å². The molecule has 0 aliphatic carbocycles. The highest BCUT2D eigenvalue weighted by molar-refractivity contribution is 6.31. The van der Waals surface area contributed by atoms with Gasteiger partial charge in [0, 0.05) is 25.0 Å². The zero-order valence-corrected chi connectivity index (χ0v) is 13.0. The van der Waals surface area contributed by atoms with Crippen LogP contribution in [0, 0.1) is 0 Å². The van der Waals surface area contributed by atoms with E-state index >= 15 is 0 Å². The normalized spacial score (nSPS) is 13.4. The molecule has 1 aliphatic heterocycles. The minimum absolute atomic E-state index is 0.137. The Morgan fingerprint density at radius 2 is 1.95 bits per heavy atom. The van der Waals surface area contributed by atoms with Crippen LogP contribution in [0.5, 0.6) is 0 Å². The van der Waals surface area contributed by atoms with Gasteiger partial charge in [-0.3, -0.25) is 10.1 Å². The molecule has 1 heterocycles. The minimum Gasteiger partial charge on any atom is -0.334 e. The molecule has 0 fully saturated rings. The van der Waals surface area contributed by atoms with Crippen molar-refractivity contribution in [2.24, 2.45) is 4.99 Å². The average molecular weight is 314 g/mol. The van der Waals surface area contributed by atoms with Crippen LogP contribution in [0.15, 0.2) is 53.5 Å². The molecule has 0 unspecified atom stereocenters. The molecule has 0 saturated carbocycles. The Morgan fingerprint density at radius 1 is 1.23 bits per heavy atom. The molecule has 0 bridgehead atoms. The van der Waals surface area contributed by atoms with E-state index in [1.807, 2.05) is 53.4 Å². The first-order valence-electron chi connectivity index (χ1n) is 7.06. The molecule has 1 amide bonds. The van der Waals surface area contributed by atoms with Crippen LogP contribution in [0.2, 0.25) is 5.02 Å². The largest absolute Gasteiger partial charge is 0.334 e. The fourth-order valence-electron chi connectivity index (χ4n) is 2.45. The van der Waals surface area contributed by atoms with Gasteiger partial charge in [-0.05, 0) is 23.3 Å². The van der Waals surface area contributed by atoms with Crippen molar-refractivity contribution >= 4 is 29.2 Å². The molecule has 1 aliphatic rings. The van der Waals surface area contributed by atoms with Crippen LogP contribution >= 0.6 is 11.6 Å². The topological polar surface area (TPSA) is 44.7 Å². The van der Waals surface area contributed by atoms with Gasteiger partial charge in [0.15, 0.2) is 0 Å². The fourth-order valence-corrected chi connectivity index (χ4v) is 2.64. The van der Waals surface area contributed by atoms with Crippen molar-refractivity contribution in [3.05, 3.63) is 64.7 Å². The molecule has 0 aromatic heterocycles. The van der Waals surface area contributed by atoms with Crippen molar-refractivity contribution < 1.29 is 4.79 Å². The standard InChI is InChI=1S/C17H16ClN3O/c1-12(22)19-17-20-16-9-5-3-7-14(16)11-21(17)10-13-6-2-4-8-15(13)18/h2-9H,10-11H2,1H3,(H,19,20,22). The van der Waals surface area contributed by atoms with Crippen LogP contribution < -0.4 is 5.32 Å². The minimum atomic E-state index is -0.137. The second kappa shape index (κ2) is 6.20. The van der Waals surface area contributed by atoms with E-state index in [-0.39, 0.29) is 5.91 Å². The number of aliphatic imine (C=N–C) groups is 1. The van der Waals surface area contributed by atoms with Gasteiger partial charge in [0.2, 0.25) is 11.9 Å². The number of halogens is 1. The van der Waals surface area contributed by atoms with Crippen molar-refractivity contribution in [3.8, 4) is 0 Å². The molecule has 5 heteroatoms. The van der Waals surface area contributed by atoms with Gasteiger partial charge in [-0.15, -0.1) is 0 Å². The Bertz CT molecular complexity index is 742. The quantitative estimate of drug-likeness (QED) is 0.922. The third-order valence-electron chi connectivity index (χ3n) is 3.49. The number of carbonyl (C=O) groups is 1. The van der Waals surface area contributed by atoms with E-state index in [0.29, 0.717) is 24.1 Å². The van der Waals surface area contributed by atoms with Gasteiger partial charge in [-0.25, -0.2) is 4.99 Å². The Morgan fingerprint density at radius 3 is 2.73 bits per heavy atom. The van der Waals surface area contributed by atoms with E-state index < -0.39 is 0 Å². The maximum absolute atomic E-state index is 11.4. The van der Waals surface area contributed by atoms with E-state index in [4.69, 9.17) is 11.6 Å². The van der Waals surface area contributed by atoms with E-state index in [2.05, 4.69) is 10.3 Å². The van der Waals surface area contributed by atoms with Crippen LogP contribution in [0.3, 0.4) is 0 Å². The van der Waals surface area contributed by atoms with E-state index in [1.54, 1.807) is 0 Å². The first kappa shape index (κ1) is 14.6. The summed E-state index contributed by atoms with van der Waals surface area (Å²) in [6.07, 6.45) is 0. The van der Waals surface area contributed by atoms with Crippen molar-refractivity contribution in [2.45, 2.75) is 20.0 Å². The summed E-state index contributed by atoms with van der Waals surface area (Å²) in [5.74, 6) is 0.424. The molecule has 2 aromatic rings. The average Bonchev–Trinajstić information content (AvgIpc) is 2.49. The molecule has 4 nitrogen and oxygen atoms in total. The summed E-state index contributed by atoms with van der Waals surface area (Å²) in [7, 11) is 0. The predicted molar refractivity (Wildman–Crippen MR) is 88.1 cm³/mol. The van der Waals surface area contributed by atoms with Gasteiger partial charge in [-0.2, -0.15) is 0 Å². The fraction of sp³-hybridized carbons (Fsp3) is 0.176. The lowest BCUT2D eigenvalue weighted by molar-refractivity contribution is -0.117. The van der Waals surface area contributed by atoms with Crippen molar-refractivity contribution in [3.63, 3.8) is 0 Å². The summed E-state index contributed by atoms with van der Waals surface area (Å²) in [6.45, 7) is 2.75. The smallest absolute Gasteiger partial charge is 0.223 e. The van der Waals surface area contributed by atoms with Gasteiger partial charge in [0.1, 0.15) is 0 Å². The highest BCUT2D eigenvalue weighted by atomic mass is 35.5. The van der Waals surface area contributed by atoms with Crippen molar-refractivity contribution in [1.29, 1.82) is 0 Å². The third-order valence-corrected chi connectivity index (χ3v) is 3.85. The lowest BCUT2D eigenvalue weighted by atomic mass is 10.1. The molecule has 3 rings (SSSR count). The molecule has 0 saturated heterocycles. The zero-order valence-electron chi connectivity index (χ0n) is 12.2. The maximum atomic E-state index is 11.4. The number of nitrogens with zero attached hydrogens (tertiary/aromatic N) is 2. The molecule has 2 aromatic carbocycles. The summed E-state index contributed by atoms with van der Waals surface area (Å²) < 4.78 is 0. The van der Waals surface area contributed by atoms with Crippen LogP contribution in [0.4, 0.5) is 5.69 Å². The van der Waals surface area contributed by atoms with Gasteiger partial charge in [0.25, 0.3) is 0 Å².